The molecule has 2 nitrogen and oxygen atoms in total. The van der Waals surface area contributed by atoms with Crippen molar-refractivity contribution >= 4 is 22.8 Å². The van der Waals surface area contributed by atoms with E-state index in [0.29, 0.717) is 0 Å². The van der Waals surface area contributed by atoms with Crippen molar-refractivity contribution in [3.8, 4) is 0 Å². The van der Waals surface area contributed by atoms with Crippen LogP contribution >= 0.6 is 0 Å². The van der Waals surface area contributed by atoms with Gasteiger partial charge in [-0.3, -0.25) is 4.99 Å². The number of para-hydroxylation sites is 2. The van der Waals surface area contributed by atoms with Crippen molar-refractivity contribution in [2.24, 2.45) is 9.98 Å². The Bertz CT molecular complexity index is 697. The van der Waals surface area contributed by atoms with Crippen LogP contribution in [0.1, 0.15) is 46.0 Å². The summed E-state index contributed by atoms with van der Waals surface area (Å²) in [6.07, 6.45) is 9.94. The van der Waals surface area contributed by atoms with Crippen LogP contribution in [0.4, 0.5) is 11.4 Å². The first-order chi connectivity index (χ1) is 12.3. The van der Waals surface area contributed by atoms with E-state index in [1.807, 2.05) is 73.7 Å². The molecule has 0 aliphatic rings. The molecule has 0 fully saturated rings. The first-order valence-corrected chi connectivity index (χ1v) is 9.23. The molecule has 2 heteroatoms. The van der Waals surface area contributed by atoms with Crippen molar-refractivity contribution in [3.63, 3.8) is 0 Å². The Hall–Kier alpha value is -2.48. The van der Waals surface area contributed by atoms with Crippen LogP contribution in [-0.2, 0) is 0 Å². The average Bonchev–Trinajstić information content (AvgIpc) is 2.66. The van der Waals surface area contributed by atoms with Crippen molar-refractivity contribution in [2.75, 3.05) is 0 Å². The van der Waals surface area contributed by atoms with Crippen LogP contribution in [0.25, 0.3) is 0 Å². The van der Waals surface area contributed by atoms with Gasteiger partial charge in [-0.25, -0.2) is 4.99 Å². The average molecular weight is 332 g/mol. The van der Waals surface area contributed by atoms with Gasteiger partial charge in [-0.15, -0.1) is 0 Å². The molecule has 2 aromatic carbocycles. The number of hydrogen-bond acceptors (Lipinski definition) is 2. The Morgan fingerprint density at radius 1 is 0.800 bits per heavy atom. The lowest BCUT2D eigenvalue weighted by molar-refractivity contribution is 0.684. The predicted molar refractivity (Wildman–Crippen MR) is 111 cm³/mol. The van der Waals surface area contributed by atoms with E-state index in [9.17, 15) is 0 Å². The maximum atomic E-state index is 4.91. The fourth-order valence-corrected chi connectivity index (χ4v) is 2.62. The summed E-state index contributed by atoms with van der Waals surface area (Å²) in [5.41, 5.74) is 3.96. The summed E-state index contributed by atoms with van der Waals surface area (Å²) >= 11 is 0. The van der Waals surface area contributed by atoms with E-state index in [2.05, 4.69) is 13.0 Å². The molecular formula is C23H28N2. The molecule has 0 amide bonds. The van der Waals surface area contributed by atoms with Crippen LogP contribution in [0.5, 0.6) is 0 Å². The molecule has 0 atom stereocenters. The SMILES string of the molecule is C/C=C\C(=Nc1ccccc1)C(CCCCCC)=Nc1ccccc1. The Morgan fingerprint density at radius 2 is 1.40 bits per heavy atom. The van der Waals surface area contributed by atoms with Crippen LogP contribution in [0.3, 0.4) is 0 Å². The van der Waals surface area contributed by atoms with Crippen LogP contribution in [0.2, 0.25) is 0 Å². The predicted octanol–water partition coefficient (Wildman–Crippen LogP) is 7.08. The molecule has 0 radical (unpaired) electrons. The van der Waals surface area contributed by atoms with E-state index in [0.717, 1.165) is 35.6 Å². The molecule has 0 aromatic heterocycles. The van der Waals surface area contributed by atoms with Gasteiger partial charge in [0.2, 0.25) is 0 Å². The molecule has 0 saturated carbocycles. The smallest absolute Gasteiger partial charge is 0.0848 e. The van der Waals surface area contributed by atoms with E-state index in [4.69, 9.17) is 9.98 Å². The third kappa shape index (κ3) is 6.88. The van der Waals surface area contributed by atoms with Crippen LogP contribution in [0.15, 0.2) is 82.8 Å². The number of unbranched alkanes of at least 4 members (excludes halogenated alkanes) is 3. The molecular weight excluding hydrogens is 304 g/mol. The zero-order valence-corrected chi connectivity index (χ0v) is 15.4. The second kappa shape index (κ2) is 11.1. The lowest BCUT2D eigenvalue weighted by atomic mass is 10.1. The van der Waals surface area contributed by atoms with Crippen molar-refractivity contribution in [1.29, 1.82) is 0 Å². The van der Waals surface area contributed by atoms with Gasteiger partial charge in [-0.05, 0) is 50.1 Å². The number of benzene rings is 2. The summed E-state index contributed by atoms with van der Waals surface area (Å²) in [6.45, 7) is 4.26. The maximum absolute atomic E-state index is 4.91. The minimum absolute atomic E-state index is 0.949. The standard InChI is InChI=1S/C23H28N2/c1-3-5-6-13-19-23(25-21-17-11-8-12-18-21)22(14-4-2)24-20-15-9-7-10-16-20/h4,7-12,14-18H,3,5-6,13,19H2,1-2H3/b14-4-,24-22?,25-23?. The largest absolute Gasteiger partial charge is 0.251 e. The minimum Gasteiger partial charge on any atom is -0.251 e. The zero-order chi connectivity index (χ0) is 17.7. The molecule has 0 bridgehead atoms. The number of aliphatic imine (C=N–C) groups is 2. The maximum Gasteiger partial charge on any atom is 0.0848 e. The Labute approximate surface area is 152 Å². The molecule has 25 heavy (non-hydrogen) atoms. The normalized spacial score (nSPS) is 12.7. The van der Waals surface area contributed by atoms with Gasteiger partial charge in [0.15, 0.2) is 0 Å². The third-order valence-corrected chi connectivity index (χ3v) is 3.91. The van der Waals surface area contributed by atoms with Gasteiger partial charge >= 0.3 is 0 Å². The lowest BCUT2D eigenvalue weighted by Gasteiger charge is -2.08. The molecule has 0 aliphatic heterocycles. The summed E-state index contributed by atoms with van der Waals surface area (Å²) in [5, 5.41) is 0. The van der Waals surface area contributed by atoms with Crippen LogP contribution in [0, 0.1) is 0 Å². The Morgan fingerprint density at radius 3 is 1.96 bits per heavy atom. The second-order valence-electron chi connectivity index (χ2n) is 6.04. The summed E-state index contributed by atoms with van der Waals surface area (Å²) in [5.74, 6) is 0. The fourth-order valence-electron chi connectivity index (χ4n) is 2.62. The molecule has 0 heterocycles. The zero-order valence-electron chi connectivity index (χ0n) is 15.4. The van der Waals surface area contributed by atoms with Crippen LogP contribution < -0.4 is 0 Å². The van der Waals surface area contributed by atoms with Crippen molar-refractivity contribution < 1.29 is 0 Å². The highest BCUT2D eigenvalue weighted by Gasteiger charge is 2.07. The summed E-state index contributed by atoms with van der Waals surface area (Å²) < 4.78 is 0. The number of nitrogens with zero attached hydrogens (tertiary/aromatic N) is 2. The van der Waals surface area contributed by atoms with Gasteiger partial charge in [0.1, 0.15) is 0 Å². The summed E-state index contributed by atoms with van der Waals surface area (Å²) in [4.78, 5) is 9.75. The summed E-state index contributed by atoms with van der Waals surface area (Å²) in [6, 6.07) is 20.3. The topological polar surface area (TPSA) is 24.7 Å². The highest BCUT2D eigenvalue weighted by molar-refractivity contribution is 6.47. The molecule has 0 N–H and O–H groups in total. The van der Waals surface area contributed by atoms with E-state index < -0.39 is 0 Å². The van der Waals surface area contributed by atoms with E-state index >= 15 is 0 Å². The van der Waals surface area contributed by atoms with Crippen molar-refractivity contribution in [1.82, 2.24) is 0 Å². The lowest BCUT2D eigenvalue weighted by Crippen LogP contribution is -2.11. The quantitative estimate of drug-likeness (QED) is 0.346. The molecule has 0 saturated heterocycles. The van der Waals surface area contributed by atoms with Gasteiger partial charge in [0.25, 0.3) is 0 Å². The second-order valence-corrected chi connectivity index (χ2v) is 6.04. The van der Waals surface area contributed by atoms with E-state index in [1.54, 1.807) is 0 Å². The molecule has 2 rings (SSSR count). The molecule has 2 aromatic rings. The highest BCUT2D eigenvalue weighted by Crippen LogP contribution is 2.17. The van der Waals surface area contributed by atoms with Gasteiger partial charge in [-0.1, -0.05) is 68.7 Å². The van der Waals surface area contributed by atoms with Crippen molar-refractivity contribution in [2.45, 2.75) is 46.0 Å². The monoisotopic (exact) mass is 332 g/mol. The van der Waals surface area contributed by atoms with Crippen LogP contribution in [-0.4, -0.2) is 11.4 Å². The molecule has 0 unspecified atom stereocenters. The first kappa shape index (κ1) is 18.9. The number of allylic oxidation sites excluding steroid dienone is 2. The number of hydrogen-bond donors (Lipinski definition) is 0. The van der Waals surface area contributed by atoms with E-state index in [-0.39, 0.29) is 0 Å². The van der Waals surface area contributed by atoms with Gasteiger partial charge < -0.3 is 0 Å². The third-order valence-electron chi connectivity index (χ3n) is 3.91. The molecule has 0 aliphatic carbocycles. The minimum atomic E-state index is 0.949. The number of rotatable bonds is 9. The van der Waals surface area contributed by atoms with Crippen molar-refractivity contribution in [3.05, 3.63) is 72.8 Å². The molecule has 0 spiro atoms. The van der Waals surface area contributed by atoms with Gasteiger partial charge in [-0.2, -0.15) is 0 Å². The first-order valence-electron chi connectivity index (χ1n) is 9.23. The van der Waals surface area contributed by atoms with E-state index in [1.165, 1.54) is 19.3 Å². The van der Waals surface area contributed by atoms with Gasteiger partial charge in [0.05, 0.1) is 22.8 Å². The summed E-state index contributed by atoms with van der Waals surface area (Å²) in [7, 11) is 0. The highest BCUT2D eigenvalue weighted by atomic mass is 14.8. The fraction of sp³-hybridized carbons (Fsp3) is 0.304. The molecule has 130 valence electrons. The van der Waals surface area contributed by atoms with Gasteiger partial charge in [0, 0.05) is 0 Å². The Kier molecular flexibility index (Phi) is 8.40. The Balaban J connectivity index is 2.32.